The topological polar surface area (TPSA) is 60.2 Å². The van der Waals surface area contributed by atoms with Crippen LogP contribution in [0.4, 0.5) is 5.69 Å². The van der Waals surface area contributed by atoms with Gasteiger partial charge in [0.25, 0.3) is 5.91 Å². The van der Waals surface area contributed by atoms with Crippen LogP contribution in [0.3, 0.4) is 0 Å². The maximum absolute atomic E-state index is 13.7. The number of anilines is 1. The van der Waals surface area contributed by atoms with Crippen LogP contribution in [0.5, 0.6) is 5.75 Å². The van der Waals surface area contributed by atoms with Crippen molar-refractivity contribution >= 4 is 22.6 Å². The monoisotopic (exact) mass is 392 g/mol. The van der Waals surface area contributed by atoms with Crippen molar-refractivity contribution in [3.63, 3.8) is 0 Å². The minimum Gasteiger partial charge on any atom is -0.494 e. The fourth-order valence-corrected chi connectivity index (χ4v) is 4.60. The zero-order valence-electron chi connectivity index (χ0n) is 18.0. The van der Waals surface area contributed by atoms with Gasteiger partial charge in [-0.25, -0.2) is 4.98 Å². The Morgan fingerprint density at radius 3 is 2.79 bits per heavy atom. The molecule has 1 atom stereocenters. The third kappa shape index (κ3) is 3.16. The van der Waals surface area contributed by atoms with E-state index in [-0.39, 0.29) is 11.4 Å². The molecule has 1 aromatic carbocycles. The summed E-state index contributed by atoms with van der Waals surface area (Å²) in [6.45, 7) is 11.0. The van der Waals surface area contributed by atoms with E-state index in [9.17, 15) is 4.79 Å². The molecule has 152 valence electrons. The van der Waals surface area contributed by atoms with Gasteiger partial charge in [-0.1, -0.05) is 6.92 Å². The number of amides is 1. The number of nitrogens with zero attached hydrogens (tertiary/aromatic N) is 4. The fourth-order valence-electron chi connectivity index (χ4n) is 4.60. The fraction of sp³-hybridized carbons (Fsp3) is 0.435. The van der Waals surface area contributed by atoms with E-state index in [1.807, 2.05) is 44.0 Å². The highest BCUT2D eigenvalue weighted by atomic mass is 16.5. The third-order valence-corrected chi connectivity index (χ3v) is 5.81. The van der Waals surface area contributed by atoms with E-state index in [1.165, 1.54) is 0 Å². The molecule has 0 N–H and O–H groups in total. The van der Waals surface area contributed by atoms with E-state index < -0.39 is 0 Å². The van der Waals surface area contributed by atoms with Crippen molar-refractivity contribution in [1.29, 1.82) is 0 Å². The highest BCUT2D eigenvalue weighted by Crippen LogP contribution is 2.45. The molecule has 1 aliphatic rings. The lowest BCUT2D eigenvalue weighted by atomic mass is 9.79. The second-order valence-electron chi connectivity index (χ2n) is 8.52. The summed E-state index contributed by atoms with van der Waals surface area (Å²) in [6, 6.07) is 7.95. The molecule has 0 spiro atoms. The summed E-state index contributed by atoms with van der Waals surface area (Å²) in [6.07, 6.45) is 2.54. The van der Waals surface area contributed by atoms with Crippen LogP contribution in [0.1, 0.15) is 61.6 Å². The maximum Gasteiger partial charge on any atom is 0.260 e. The number of hydrogen-bond acceptors (Lipinski definition) is 4. The third-order valence-electron chi connectivity index (χ3n) is 5.81. The molecule has 1 unspecified atom stereocenters. The van der Waals surface area contributed by atoms with Gasteiger partial charge in [0.05, 0.1) is 17.9 Å². The average molecular weight is 393 g/mol. The first-order valence-electron chi connectivity index (χ1n) is 10.1. The van der Waals surface area contributed by atoms with Gasteiger partial charge in [-0.3, -0.25) is 9.48 Å². The molecule has 3 aromatic rings. The highest BCUT2D eigenvalue weighted by molar-refractivity contribution is 6.09. The molecule has 6 heteroatoms. The molecule has 0 bridgehead atoms. The summed E-state index contributed by atoms with van der Waals surface area (Å²) >= 11 is 0. The molecule has 0 saturated carbocycles. The molecule has 4 rings (SSSR count). The van der Waals surface area contributed by atoms with E-state index in [1.54, 1.807) is 10.9 Å². The van der Waals surface area contributed by atoms with Crippen molar-refractivity contribution in [2.24, 2.45) is 7.05 Å². The number of carbonyl (C=O) groups is 1. The van der Waals surface area contributed by atoms with Crippen LogP contribution < -0.4 is 9.64 Å². The Morgan fingerprint density at radius 2 is 2.07 bits per heavy atom. The second kappa shape index (κ2) is 6.87. The van der Waals surface area contributed by atoms with E-state index in [0.717, 1.165) is 40.1 Å². The van der Waals surface area contributed by atoms with Gasteiger partial charge in [0.2, 0.25) is 0 Å². The van der Waals surface area contributed by atoms with Gasteiger partial charge in [-0.15, -0.1) is 0 Å². The lowest BCUT2D eigenvalue weighted by Gasteiger charge is -2.46. The van der Waals surface area contributed by atoms with Crippen LogP contribution in [-0.2, 0) is 7.05 Å². The molecule has 1 amide bonds. The second-order valence-corrected chi connectivity index (χ2v) is 8.52. The summed E-state index contributed by atoms with van der Waals surface area (Å²) in [5, 5.41) is 5.33. The van der Waals surface area contributed by atoms with Crippen LogP contribution in [0.15, 0.2) is 30.5 Å². The first-order chi connectivity index (χ1) is 13.7. The number of carbonyl (C=O) groups excluding carboxylic acids is 1. The van der Waals surface area contributed by atoms with Crippen LogP contribution in [0.2, 0.25) is 0 Å². The standard InChI is InChI=1S/C23H28N4O2/c1-7-29-17-8-9-20-18(11-17)14(2)12-23(4,5)27(20)22(28)16-10-19-15(3)25-26(6)21(19)24-13-16/h8-11,13-14H,7,12H2,1-6H3. The molecule has 0 fully saturated rings. The van der Waals surface area contributed by atoms with E-state index >= 15 is 0 Å². The average Bonchev–Trinajstić information content (AvgIpc) is 2.95. The van der Waals surface area contributed by atoms with Crippen molar-refractivity contribution in [2.75, 3.05) is 11.5 Å². The Labute approximate surface area is 171 Å². The van der Waals surface area contributed by atoms with Crippen molar-refractivity contribution in [1.82, 2.24) is 14.8 Å². The molecule has 2 aromatic heterocycles. The minimum absolute atomic E-state index is 0.0371. The summed E-state index contributed by atoms with van der Waals surface area (Å²) in [4.78, 5) is 20.1. The van der Waals surface area contributed by atoms with Crippen molar-refractivity contribution < 1.29 is 9.53 Å². The Hall–Kier alpha value is -2.89. The predicted octanol–water partition coefficient (Wildman–Crippen LogP) is 4.61. The molecule has 0 aliphatic carbocycles. The first-order valence-corrected chi connectivity index (χ1v) is 10.1. The van der Waals surface area contributed by atoms with Crippen molar-refractivity contribution in [3.8, 4) is 5.75 Å². The molecule has 0 radical (unpaired) electrons. The Kier molecular flexibility index (Phi) is 4.60. The Balaban J connectivity index is 1.81. The largest absolute Gasteiger partial charge is 0.494 e. The quantitative estimate of drug-likeness (QED) is 0.653. The molecular weight excluding hydrogens is 364 g/mol. The molecule has 29 heavy (non-hydrogen) atoms. The number of ether oxygens (including phenoxy) is 1. The first kappa shape index (κ1) is 19.4. The van der Waals surface area contributed by atoms with Gasteiger partial charge < -0.3 is 9.64 Å². The van der Waals surface area contributed by atoms with Gasteiger partial charge in [0.15, 0.2) is 5.65 Å². The highest BCUT2D eigenvalue weighted by Gasteiger charge is 2.40. The predicted molar refractivity (Wildman–Crippen MR) is 115 cm³/mol. The smallest absolute Gasteiger partial charge is 0.260 e. The zero-order valence-corrected chi connectivity index (χ0v) is 18.0. The van der Waals surface area contributed by atoms with Gasteiger partial charge in [-0.05, 0) is 69.9 Å². The van der Waals surface area contributed by atoms with Gasteiger partial charge in [0.1, 0.15) is 5.75 Å². The SMILES string of the molecule is CCOc1ccc2c(c1)C(C)CC(C)(C)N2C(=O)c1cnc2c(c1)c(C)nn2C. The number of pyridine rings is 1. The summed E-state index contributed by atoms with van der Waals surface area (Å²) in [5.41, 5.74) is 4.03. The lowest BCUT2D eigenvalue weighted by Crippen LogP contribution is -2.51. The number of aryl methyl sites for hydroxylation is 2. The van der Waals surface area contributed by atoms with Crippen LogP contribution in [0, 0.1) is 6.92 Å². The van der Waals surface area contributed by atoms with E-state index in [0.29, 0.717) is 18.1 Å². The molecule has 6 nitrogen and oxygen atoms in total. The molecule has 1 aliphatic heterocycles. The van der Waals surface area contributed by atoms with Crippen LogP contribution in [-0.4, -0.2) is 32.8 Å². The van der Waals surface area contributed by atoms with E-state index in [4.69, 9.17) is 4.74 Å². The summed E-state index contributed by atoms with van der Waals surface area (Å²) < 4.78 is 7.44. The van der Waals surface area contributed by atoms with Crippen molar-refractivity contribution in [2.45, 2.75) is 52.5 Å². The van der Waals surface area contributed by atoms with E-state index in [2.05, 4.69) is 36.9 Å². The van der Waals surface area contributed by atoms with Crippen LogP contribution >= 0.6 is 0 Å². The zero-order chi connectivity index (χ0) is 20.9. The molecular formula is C23H28N4O2. The van der Waals surface area contributed by atoms with Gasteiger partial charge >= 0.3 is 0 Å². The number of aromatic nitrogens is 3. The number of rotatable bonds is 3. The van der Waals surface area contributed by atoms with Crippen molar-refractivity contribution in [3.05, 3.63) is 47.3 Å². The number of benzene rings is 1. The van der Waals surface area contributed by atoms with Gasteiger partial charge in [-0.2, -0.15) is 5.10 Å². The number of fused-ring (bicyclic) bond motifs is 2. The molecule has 3 heterocycles. The minimum atomic E-state index is -0.310. The summed E-state index contributed by atoms with van der Waals surface area (Å²) in [5.74, 6) is 1.15. The lowest BCUT2D eigenvalue weighted by molar-refractivity contribution is 0.0953. The maximum atomic E-state index is 13.7. The Morgan fingerprint density at radius 1 is 1.31 bits per heavy atom. The normalized spacial score (nSPS) is 18.0. The van der Waals surface area contributed by atoms with Gasteiger partial charge in [0, 0.05) is 29.9 Å². The van der Waals surface area contributed by atoms with Crippen LogP contribution in [0.25, 0.3) is 11.0 Å². The Bertz CT molecular complexity index is 1100. The molecule has 0 saturated heterocycles. The summed E-state index contributed by atoms with van der Waals surface area (Å²) in [7, 11) is 1.87. The number of hydrogen-bond donors (Lipinski definition) is 0.